The number of hydrogen-bond donors (Lipinski definition) is 1. The maximum Gasteiger partial charge on any atom is 0.339 e. The molecule has 1 N–H and O–H groups in total. The smallest absolute Gasteiger partial charge is 0.339 e. The Balaban J connectivity index is 2.35. The normalized spacial score (nSPS) is 9.60. The largest absolute Gasteiger partial charge is 0.497 e. The number of rotatable bonds is 4. The molecule has 20 heavy (non-hydrogen) atoms. The highest BCUT2D eigenvalue weighted by atomic mass is 16.5. The molecule has 0 saturated heterocycles. The lowest BCUT2D eigenvalue weighted by Crippen LogP contribution is -2.00. The van der Waals surface area contributed by atoms with E-state index in [4.69, 9.17) is 19.8 Å². The quantitative estimate of drug-likeness (QED) is 0.922. The van der Waals surface area contributed by atoms with Gasteiger partial charge in [-0.15, -0.1) is 0 Å². The Kier molecular flexibility index (Phi) is 3.87. The number of carboxylic acid groups (broad SMARTS) is 1. The van der Waals surface area contributed by atoms with Gasteiger partial charge in [-0.3, -0.25) is 0 Å². The summed E-state index contributed by atoms with van der Waals surface area (Å²) in [6.07, 6.45) is 0. The van der Waals surface area contributed by atoms with Crippen LogP contribution in [-0.2, 0) is 0 Å². The molecular weight excluding hydrogens is 258 g/mol. The molecule has 0 saturated carbocycles. The Morgan fingerprint density at radius 2 is 1.80 bits per heavy atom. The van der Waals surface area contributed by atoms with E-state index in [9.17, 15) is 4.79 Å². The van der Waals surface area contributed by atoms with Crippen LogP contribution in [0.4, 0.5) is 0 Å². The number of benzene rings is 2. The highest BCUT2D eigenvalue weighted by Crippen LogP contribution is 2.29. The van der Waals surface area contributed by atoms with E-state index >= 15 is 0 Å². The van der Waals surface area contributed by atoms with E-state index in [0.29, 0.717) is 17.1 Å². The van der Waals surface area contributed by atoms with Crippen molar-refractivity contribution in [1.82, 2.24) is 0 Å². The summed E-state index contributed by atoms with van der Waals surface area (Å²) in [6.45, 7) is 0. The van der Waals surface area contributed by atoms with Gasteiger partial charge in [0.25, 0.3) is 0 Å². The van der Waals surface area contributed by atoms with Gasteiger partial charge in [-0.05, 0) is 36.4 Å². The number of ether oxygens (including phenoxy) is 2. The molecule has 0 heterocycles. The second-order valence-corrected chi connectivity index (χ2v) is 3.91. The molecule has 2 rings (SSSR count). The SMILES string of the molecule is COc1ccc(C(=O)O)c(Oc2ccc(C#N)cc2)c1. The predicted octanol–water partition coefficient (Wildman–Crippen LogP) is 3.06. The van der Waals surface area contributed by atoms with Crippen LogP contribution in [-0.4, -0.2) is 18.2 Å². The average Bonchev–Trinajstić information content (AvgIpc) is 2.47. The Morgan fingerprint density at radius 3 is 2.35 bits per heavy atom. The molecule has 0 atom stereocenters. The number of hydrogen-bond acceptors (Lipinski definition) is 4. The van der Waals surface area contributed by atoms with E-state index in [0.717, 1.165) is 0 Å². The van der Waals surface area contributed by atoms with Gasteiger partial charge in [0.1, 0.15) is 22.8 Å². The first-order valence-corrected chi connectivity index (χ1v) is 5.73. The molecule has 0 amide bonds. The summed E-state index contributed by atoms with van der Waals surface area (Å²) in [5.74, 6) is 0.0382. The van der Waals surface area contributed by atoms with Crippen LogP contribution in [0.15, 0.2) is 42.5 Å². The van der Waals surface area contributed by atoms with Crippen molar-refractivity contribution < 1.29 is 19.4 Å². The average molecular weight is 269 g/mol. The molecule has 5 nitrogen and oxygen atoms in total. The van der Waals surface area contributed by atoms with Gasteiger partial charge >= 0.3 is 5.97 Å². The lowest BCUT2D eigenvalue weighted by atomic mass is 10.2. The Morgan fingerprint density at radius 1 is 1.15 bits per heavy atom. The summed E-state index contributed by atoms with van der Waals surface area (Å²) >= 11 is 0. The molecule has 0 aliphatic carbocycles. The van der Waals surface area contributed by atoms with Crippen LogP contribution in [0.2, 0.25) is 0 Å². The Bertz CT molecular complexity index is 671. The van der Waals surface area contributed by atoms with E-state index in [-0.39, 0.29) is 11.3 Å². The monoisotopic (exact) mass is 269 g/mol. The highest BCUT2D eigenvalue weighted by molar-refractivity contribution is 5.91. The van der Waals surface area contributed by atoms with Crippen LogP contribution in [0.25, 0.3) is 0 Å². The summed E-state index contributed by atoms with van der Waals surface area (Å²) in [7, 11) is 1.49. The predicted molar refractivity (Wildman–Crippen MR) is 71.2 cm³/mol. The van der Waals surface area contributed by atoms with E-state index < -0.39 is 5.97 Å². The minimum Gasteiger partial charge on any atom is -0.497 e. The number of aromatic carboxylic acids is 1. The lowest BCUT2D eigenvalue weighted by Gasteiger charge is -2.10. The van der Waals surface area contributed by atoms with Crippen LogP contribution in [0, 0.1) is 11.3 Å². The maximum atomic E-state index is 11.1. The molecule has 0 fully saturated rings. The van der Waals surface area contributed by atoms with Crippen molar-refractivity contribution in [2.24, 2.45) is 0 Å². The molecule has 100 valence electrons. The molecule has 5 heteroatoms. The molecule has 0 spiro atoms. The van der Waals surface area contributed by atoms with E-state index in [1.807, 2.05) is 6.07 Å². The van der Waals surface area contributed by atoms with Crippen LogP contribution in [0.5, 0.6) is 17.2 Å². The molecule has 0 aliphatic rings. The molecule has 0 aliphatic heterocycles. The van der Waals surface area contributed by atoms with Gasteiger partial charge in [0.15, 0.2) is 0 Å². The summed E-state index contributed by atoms with van der Waals surface area (Å²) < 4.78 is 10.6. The lowest BCUT2D eigenvalue weighted by molar-refractivity contribution is 0.0694. The van der Waals surface area contributed by atoms with Crippen LogP contribution in [0.3, 0.4) is 0 Å². The number of nitriles is 1. The summed E-state index contributed by atoms with van der Waals surface area (Å²) in [5, 5.41) is 17.8. The second kappa shape index (κ2) is 5.76. The van der Waals surface area contributed by atoms with Crippen molar-refractivity contribution in [3.8, 4) is 23.3 Å². The van der Waals surface area contributed by atoms with Gasteiger partial charge < -0.3 is 14.6 Å². The molecule has 0 aromatic heterocycles. The fourth-order valence-corrected chi connectivity index (χ4v) is 1.62. The minimum atomic E-state index is -1.09. The Hall–Kier alpha value is -3.00. The number of carboxylic acids is 1. The van der Waals surface area contributed by atoms with Crippen molar-refractivity contribution in [3.05, 3.63) is 53.6 Å². The van der Waals surface area contributed by atoms with Crippen molar-refractivity contribution in [1.29, 1.82) is 5.26 Å². The van der Waals surface area contributed by atoms with Gasteiger partial charge in [0.05, 0.1) is 18.7 Å². The third kappa shape index (κ3) is 2.87. The fourth-order valence-electron chi connectivity index (χ4n) is 1.62. The third-order valence-electron chi connectivity index (χ3n) is 2.63. The van der Waals surface area contributed by atoms with E-state index in [1.54, 1.807) is 30.3 Å². The summed E-state index contributed by atoms with van der Waals surface area (Å²) in [5.41, 5.74) is 0.539. The van der Waals surface area contributed by atoms with Gasteiger partial charge in [-0.1, -0.05) is 0 Å². The van der Waals surface area contributed by atoms with Crippen molar-refractivity contribution in [3.63, 3.8) is 0 Å². The standard InChI is InChI=1S/C15H11NO4/c1-19-12-6-7-13(15(17)18)14(8-12)20-11-4-2-10(9-16)3-5-11/h2-8H,1H3,(H,17,18). The molecular formula is C15H11NO4. The van der Waals surface area contributed by atoms with Crippen LogP contribution in [0.1, 0.15) is 15.9 Å². The molecule has 0 radical (unpaired) electrons. The summed E-state index contributed by atoms with van der Waals surface area (Å²) in [4.78, 5) is 11.1. The molecule has 2 aromatic carbocycles. The van der Waals surface area contributed by atoms with Crippen LogP contribution < -0.4 is 9.47 Å². The minimum absolute atomic E-state index is 0.0372. The van der Waals surface area contributed by atoms with Crippen LogP contribution >= 0.6 is 0 Å². The van der Waals surface area contributed by atoms with Crippen molar-refractivity contribution >= 4 is 5.97 Å². The molecule has 0 unspecified atom stereocenters. The van der Waals surface area contributed by atoms with E-state index in [1.165, 1.54) is 19.2 Å². The van der Waals surface area contributed by atoms with Gasteiger partial charge in [-0.2, -0.15) is 5.26 Å². The van der Waals surface area contributed by atoms with Crippen molar-refractivity contribution in [2.45, 2.75) is 0 Å². The first-order chi connectivity index (χ1) is 9.63. The van der Waals surface area contributed by atoms with Gasteiger partial charge in [0, 0.05) is 6.07 Å². The summed E-state index contributed by atoms with van der Waals surface area (Å²) in [6, 6.07) is 12.9. The number of methoxy groups -OCH3 is 1. The molecule has 0 bridgehead atoms. The Labute approximate surface area is 115 Å². The maximum absolute atomic E-state index is 11.1. The zero-order valence-electron chi connectivity index (χ0n) is 10.7. The fraction of sp³-hybridized carbons (Fsp3) is 0.0667. The van der Waals surface area contributed by atoms with E-state index in [2.05, 4.69) is 0 Å². The highest BCUT2D eigenvalue weighted by Gasteiger charge is 2.13. The zero-order valence-corrected chi connectivity index (χ0v) is 10.7. The van der Waals surface area contributed by atoms with Gasteiger partial charge in [0.2, 0.25) is 0 Å². The van der Waals surface area contributed by atoms with Crippen molar-refractivity contribution in [2.75, 3.05) is 7.11 Å². The third-order valence-corrected chi connectivity index (χ3v) is 2.63. The second-order valence-electron chi connectivity index (χ2n) is 3.91. The van der Waals surface area contributed by atoms with Gasteiger partial charge in [-0.25, -0.2) is 4.79 Å². The number of carbonyl (C=O) groups is 1. The number of nitrogens with zero attached hydrogens (tertiary/aromatic N) is 1. The molecule has 2 aromatic rings. The zero-order chi connectivity index (χ0) is 14.5. The first-order valence-electron chi connectivity index (χ1n) is 5.73. The topological polar surface area (TPSA) is 79.6 Å². The first kappa shape index (κ1) is 13.4.